The molecule has 0 aromatic heterocycles. The second kappa shape index (κ2) is 3.34. The monoisotopic (exact) mass is 316 g/mol. The maximum absolute atomic E-state index is 9.22. The first kappa shape index (κ1) is 8.70. The van der Waals surface area contributed by atoms with E-state index in [1.807, 2.05) is 22.6 Å². The highest BCUT2D eigenvalue weighted by atomic mass is 127. The molecule has 1 aliphatic carbocycles. The smallest absolute Gasteiger partial charge is 0.115 e. The second-order valence-corrected chi connectivity index (χ2v) is 4.01. The van der Waals surface area contributed by atoms with E-state index in [1.54, 1.807) is 12.2 Å². The number of halogens is 2. The highest BCUT2D eigenvalue weighted by molar-refractivity contribution is 14.1. The van der Waals surface area contributed by atoms with Gasteiger partial charge in [-0.15, -0.1) is 0 Å². The summed E-state index contributed by atoms with van der Waals surface area (Å²) in [6, 6.07) is 0. The van der Waals surface area contributed by atoms with Crippen molar-refractivity contribution in [2.45, 2.75) is 12.2 Å². The number of hydrogen-bond acceptors (Lipinski definition) is 2. The van der Waals surface area contributed by atoms with E-state index >= 15 is 0 Å². The largest absolute Gasteiger partial charge is 0.386 e. The lowest BCUT2D eigenvalue weighted by Crippen LogP contribution is -2.26. The Morgan fingerprint density at radius 1 is 1.50 bits per heavy atom. The van der Waals surface area contributed by atoms with Gasteiger partial charge in [0.2, 0.25) is 0 Å². The van der Waals surface area contributed by atoms with Gasteiger partial charge in [-0.05, 0) is 44.6 Å². The summed E-state index contributed by atoms with van der Waals surface area (Å²) < 4.78 is 1.58. The first-order valence-corrected chi connectivity index (χ1v) is 4.59. The van der Waals surface area contributed by atoms with Crippen LogP contribution in [0.3, 0.4) is 0 Å². The summed E-state index contributed by atoms with van der Waals surface area (Å²) in [5, 5.41) is 18.3. The Bertz CT molecular complexity index is 200. The first-order chi connectivity index (χ1) is 4.63. The number of allylic oxidation sites excluding steroid dienone is 2. The molecule has 1 rings (SSSR count). The standard InChI is InChI=1S/C6H6BrIO2/c7-3-1-2-4(9)6(10)5(3)8/h1-2,4,6,9-10H/t4-,6-/m0/s1. The molecule has 2 nitrogen and oxygen atoms in total. The van der Waals surface area contributed by atoms with Gasteiger partial charge in [-0.25, -0.2) is 0 Å². The third kappa shape index (κ3) is 1.61. The fourth-order valence-corrected chi connectivity index (χ4v) is 1.59. The summed E-state index contributed by atoms with van der Waals surface area (Å²) in [4.78, 5) is 0. The van der Waals surface area contributed by atoms with Crippen molar-refractivity contribution in [1.29, 1.82) is 0 Å². The summed E-state index contributed by atoms with van der Waals surface area (Å²) in [7, 11) is 0. The third-order valence-electron chi connectivity index (χ3n) is 1.25. The molecule has 0 amide bonds. The van der Waals surface area contributed by atoms with Crippen molar-refractivity contribution in [2.75, 3.05) is 0 Å². The van der Waals surface area contributed by atoms with Crippen LogP contribution in [0.15, 0.2) is 20.2 Å². The quantitative estimate of drug-likeness (QED) is 0.662. The van der Waals surface area contributed by atoms with Gasteiger partial charge in [0.15, 0.2) is 0 Å². The van der Waals surface area contributed by atoms with Gasteiger partial charge in [0.1, 0.15) is 12.2 Å². The molecule has 1 aliphatic rings. The fraction of sp³-hybridized carbons (Fsp3) is 0.333. The highest BCUT2D eigenvalue weighted by Gasteiger charge is 2.21. The summed E-state index contributed by atoms with van der Waals surface area (Å²) in [5.41, 5.74) is 0. The van der Waals surface area contributed by atoms with Crippen LogP contribution in [-0.2, 0) is 0 Å². The van der Waals surface area contributed by atoms with E-state index in [1.165, 1.54) is 0 Å². The van der Waals surface area contributed by atoms with E-state index in [2.05, 4.69) is 15.9 Å². The van der Waals surface area contributed by atoms with E-state index in [4.69, 9.17) is 5.11 Å². The van der Waals surface area contributed by atoms with Gasteiger partial charge < -0.3 is 10.2 Å². The predicted molar refractivity (Wildman–Crippen MR) is 51.1 cm³/mol. The zero-order valence-corrected chi connectivity index (χ0v) is 8.70. The molecule has 0 radical (unpaired) electrons. The molecule has 0 unspecified atom stereocenters. The topological polar surface area (TPSA) is 40.5 Å². The highest BCUT2D eigenvalue weighted by Crippen LogP contribution is 2.28. The Labute approximate surface area is 80.9 Å². The van der Waals surface area contributed by atoms with Gasteiger partial charge in [0.25, 0.3) is 0 Å². The fourth-order valence-electron chi connectivity index (χ4n) is 0.659. The molecule has 56 valence electrons. The Hall–Kier alpha value is 0.610. The Kier molecular flexibility index (Phi) is 2.91. The van der Waals surface area contributed by atoms with Crippen LogP contribution in [0.4, 0.5) is 0 Å². The predicted octanol–water partition coefficient (Wildman–Crippen LogP) is 1.32. The maximum atomic E-state index is 9.22. The number of aliphatic hydroxyl groups excluding tert-OH is 2. The molecule has 0 heterocycles. The average molecular weight is 317 g/mol. The van der Waals surface area contributed by atoms with Crippen LogP contribution in [0.5, 0.6) is 0 Å². The van der Waals surface area contributed by atoms with Crippen LogP contribution in [0.25, 0.3) is 0 Å². The number of hydrogen-bond donors (Lipinski definition) is 2. The van der Waals surface area contributed by atoms with Gasteiger partial charge in [-0.3, -0.25) is 0 Å². The molecule has 0 aromatic carbocycles. The van der Waals surface area contributed by atoms with Gasteiger partial charge in [-0.2, -0.15) is 0 Å². The van der Waals surface area contributed by atoms with Gasteiger partial charge in [0, 0.05) is 8.06 Å². The van der Waals surface area contributed by atoms with Gasteiger partial charge >= 0.3 is 0 Å². The molecule has 2 N–H and O–H groups in total. The molecule has 0 fully saturated rings. The molecule has 0 saturated carbocycles. The SMILES string of the molecule is O[C@@H]1C(I)=C(Br)C=C[C@@H]1O. The number of aliphatic hydroxyl groups is 2. The Morgan fingerprint density at radius 2 is 2.10 bits per heavy atom. The minimum atomic E-state index is -0.764. The van der Waals surface area contributed by atoms with Crippen molar-refractivity contribution >= 4 is 38.5 Å². The van der Waals surface area contributed by atoms with Crippen LogP contribution in [-0.4, -0.2) is 22.4 Å². The van der Waals surface area contributed by atoms with E-state index in [-0.39, 0.29) is 0 Å². The minimum absolute atomic E-state index is 0.743. The van der Waals surface area contributed by atoms with Gasteiger partial charge in [0.05, 0.1) is 0 Å². The van der Waals surface area contributed by atoms with Crippen molar-refractivity contribution in [3.8, 4) is 0 Å². The van der Waals surface area contributed by atoms with Crippen LogP contribution < -0.4 is 0 Å². The molecule has 0 aliphatic heterocycles. The average Bonchev–Trinajstić information content (AvgIpc) is 1.93. The Balaban J connectivity index is 2.88. The minimum Gasteiger partial charge on any atom is -0.386 e. The molecular formula is C6H6BrIO2. The normalized spacial score (nSPS) is 33.2. The van der Waals surface area contributed by atoms with Crippen molar-refractivity contribution in [2.24, 2.45) is 0 Å². The third-order valence-corrected chi connectivity index (χ3v) is 3.90. The second-order valence-electron chi connectivity index (χ2n) is 1.99. The summed E-state index contributed by atoms with van der Waals surface area (Å²) in [6.07, 6.45) is 1.77. The molecule has 0 aromatic rings. The molecule has 0 spiro atoms. The molecule has 2 atom stereocenters. The van der Waals surface area contributed by atoms with Crippen LogP contribution in [0.1, 0.15) is 0 Å². The number of rotatable bonds is 0. The molecular weight excluding hydrogens is 311 g/mol. The van der Waals surface area contributed by atoms with E-state index in [0.717, 1.165) is 8.06 Å². The van der Waals surface area contributed by atoms with Crippen molar-refractivity contribution in [1.82, 2.24) is 0 Å². The zero-order valence-electron chi connectivity index (χ0n) is 4.96. The molecule has 4 heteroatoms. The lowest BCUT2D eigenvalue weighted by Gasteiger charge is -2.18. The molecule has 10 heavy (non-hydrogen) atoms. The molecule has 0 saturated heterocycles. The molecule has 0 bridgehead atoms. The summed E-state index contributed by atoms with van der Waals surface area (Å²) in [5.74, 6) is 0. The van der Waals surface area contributed by atoms with Crippen LogP contribution in [0.2, 0.25) is 0 Å². The maximum Gasteiger partial charge on any atom is 0.115 e. The lowest BCUT2D eigenvalue weighted by atomic mass is 10.1. The Morgan fingerprint density at radius 3 is 2.60 bits per heavy atom. The van der Waals surface area contributed by atoms with Gasteiger partial charge in [-0.1, -0.05) is 6.08 Å². The van der Waals surface area contributed by atoms with Crippen molar-refractivity contribution < 1.29 is 10.2 Å². The van der Waals surface area contributed by atoms with Crippen molar-refractivity contribution in [3.63, 3.8) is 0 Å². The van der Waals surface area contributed by atoms with E-state index < -0.39 is 12.2 Å². The van der Waals surface area contributed by atoms with Crippen LogP contribution >= 0.6 is 38.5 Å². The van der Waals surface area contributed by atoms with E-state index in [0.29, 0.717) is 0 Å². The lowest BCUT2D eigenvalue weighted by molar-refractivity contribution is 0.0780. The van der Waals surface area contributed by atoms with Crippen LogP contribution in [0, 0.1) is 0 Å². The first-order valence-electron chi connectivity index (χ1n) is 2.72. The van der Waals surface area contributed by atoms with Crippen molar-refractivity contribution in [3.05, 3.63) is 20.2 Å². The van der Waals surface area contributed by atoms with E-state index in [9.17, 15) is 5.11 Å². The summed E-state index contributed by atoms with van der Waals surface area (Å²) in [6.45, 7) is 0. The zero-order chi connectivity index (χ0) is 7.72. The summed E-state index contributed by atoms with van der Waals surface area (Å²) >= 11 is 5.23.